The normalized spacial score (nSPS) is 19.9. The Bertz CT molecular complexity index is 1070. The van der Waals surface area contributed by atoms with Crippen LogP contribution < -0.4 is 5.32 Å². The number of piperidine rings is 1. The Kier molecular flexibility index (Phi) is 7.14. The first kappa shape index (κ1) is 23.7. The number of carbonyl (C=O) groups is 3. The summed E-state index contributed by atoms with van der Waals surface area (Å²) >= 11 is 0. The van der Waals surface area contributed by atoms with Crippen LogP contribution in [0.1, 0.15) is 24.8 Å². The number of urea groups is 1. The topological polar surface area (TPSA) is 73.0 Å². The number of nitrogens with one attached hydrogen (secondary N) is 1. The number of carbonyl (C=O) groups excluding carboxylic acids is 3. The van der Waals surface area contributed by atoms with E-state index in [-0.39, 0.29) is 23.9 Å². The average molecular weight is 467 g/mol. The molecule has 2 fully saturated rings. The molecule has 2 aromatic carbocycles. The van der Waals surface area contributed by atoms with E-state index in [4.69, 9.17) is 0 Å². The van der Waals surface area contributed by atoms with Crippen molar-refractivity contribution in [2.75, 3.05) is 33.7 Å². The van der Waals surface area contributed by atoms with Crippen LogP contribution in [0, 0.1) is 5.82 Å². The third kappa shape index (κ3) is 5.21. The van der Waals surface area contributed by atoms with Crippen molar-refractivity contribution in [3.8, 4) is 11.1 Å². The van der Waals surface area contributed by atoms with Crippen molar-refractivity contribution < 1.29 is 18.8 Å². The van der Waals surface area contributed by atoms with Gasteiger partial charge in [0, 0.05) is 33.7 Å². The summed E-state index contributed by atoms with van der Waals surface area (Å²) in [5.41, 5.74) is 2.64. The maximum absolute atomic E-state index is 13.8. The van der Waals surface area contributed by atoms with Gasteiger partial charge in [-0.25, -0.2) is 9.18 Å². The van der Waals surface area contributed by atoms with Gasteiger partial charge in [0.25, 0.3) is 0 Å². The second kappa shape index (κ2) is 10.2. The van der Waals surface area contributed by atoms with Crippen LogP contribution in [0.15, 0.2) is 48.5 Å². The molecule has 8 heteroatoms. The molecule has 7 nitrogen and oxygen atoms in total. The second-order valence-electron chi connectivity index (χ2n) is 9.22. The smallest absolute Gasteiger partial charge is 0.320 e. The van der Waals surface area contributed by atoms with Gasteiger partial charge in [-0.1, -0.05) is 36.4 Å². The van der Waals surface area contributed by atoms with E-state index < -0.39 is 11.8 Å². The van der Waals surface area contributed by atoms with Crippen molar-refractivity contribution in [3.05, 3.63) is 59.9 Å². The average Bonchev–Trinajstić information content (AvgIpc) is 2.78. The highest BCUT2D eigenvalue weighted by Gasteiger charge is 2.39. The molecule has 1 N–H and O–H groups in total. The van der Waals surface area contributed by atoms with Gasteiger partial charge < -0.3 is 20.0 Å². The Balaban J connectivity index is 1.60. The molecule has 0 saturated carbocycles. The van der Waals surface area contributed by atoms with Crippen LogP contribution in [0.3, 0.4) is 0 Å². The lowest BCUT2D eigenvalue weighted by Gasteiger charge is -2.45. The predicted molar refractivity (Wildman–Crippen MR) is 127 cm³/mol. The lowest BCUT2D eigenvalue weighted by atomic mass is 9.89. The summed E-state index contributed by atoms with van der Waals surface area (Å²) in [4.78, 5) is 42.9. The number of hydrogen-bond acceptors (Lipinski definition) is 3. The summed E-state index contributed by atoms with van der Waals surface area (Å²) in [6.07, 6.45) is 2.95. The van der Waals surface area contributed by atoms with Gasteiger partial charge in [0.1, 0.15) is 5.82 Å². The van der Waals surface area contributed by atoms with E-state index in [0.29, 0.717) is 19.4 Å². The number of halogens is 1. The summed E-state index contributed by atoms with van der Waals surface area (Å²) in [6, 6.07) is 13.6. The van der Waals surface area contributed by atoms with E-state index in [1.165, 1.54) is 31.1 Å². The quantitative estimate of drug-likeness (QED) is 0.705. The standard InChI is InChI=1S/C26H31FN4O3/c1-29(2)25(33)24(32)28-22-11-5-14-31(26(34)30-12-6-13-30)23(22)16-18-7-3-8-19(15-18)20-9-4-10-21(27)17-20/h3-4,7-10,15,17,22-23H,5-6,11-14,16H2,1-2H3,(H,28,32)/t22-,23-/m0/s1. The van der Waals surface area contributed by atoms with Crippen molar-refractivity contribution in [1.29, 1.82) is 0 Å². The fourth-order valence-electron chi connectivity index (χ4n) is 4.63. The largest absolute Gasteiger partial charge is 0.343 e. The minimum atomic E-state index is -0.660. The lowest BCUT2D eigenvalue weighted by Crippen LogP contribution is -2.62. The molecule has 2 aromatic rings. The third-order valence-electron chi connectivity index (χ3n) is 6.60. The molecular formula is C26H31FN4O3. The molecule has 4 amide bonds. The first-order valence-corrected chi connectivity index (χ1v) is 11.8. The molecule has 4 rings (SSSR count). The van der Waals surface area contributed by atoms with Gasteiger partial charge in [-0.3, -0.25) is 9.59 Å². The third-order valence-corrected chi connectivity index (χ3v) is 6.60. The molecular weight excluding hydrogens is 435 g/mol. The molecule has 2 aliphatic rings. The number of nitrogens with zero attached hydrogens (tertiary/aromatic N) is 3. The summed E-state index contributed by atoms with van der Waals surface area (Å²) in [6.45, 7) is 2.10. The zero-order chi connectivity index (χ0) is 24.2. The van der Waals surface area contributed by atoms with E-state index in [2.05, 4.69) is 5.32 Å². The predicted octanol–water partition coefficient (Wildman–Crippen LogP) is 2.90. The lowest BCUT2D eigenvalue weighted by molar-refractivity contribution is -0.144. The van der Waals surface area contributed by atoms with Gasteiger partial charge in [0.05, 0.1) is 12.1 Å². The Morgan fingerprint density at radius 1 is 1.00 bits per heavy atom. The number of hydrogen-bond donors (Lipinski definition) is 1. The maximum atomic E-state index is 13.8. The van der Waals surface area contributed by atoms with Crippen LogP contribution in [0.4, 0.5) is 9.18 Å². The summed E-state index contributed by atoms with van der Waals surface area (Å²) in [5.74, 6) is -1.57. The van der Waals surface area contributed by atoms with Crippen LogP contribution in [0.5, 0.6) is 0 Å². The number of likely N-dealkylation sites (N-methyl/N-ethyl adjacent to an activating group) is 1. The van der Waals surface area contributed by atoms with Crippen LogP contribution in [-0.2, 0) is 16.0 Å². The first-order chi connectivity index (χ1) is 16.3. The molecule has 0 aliphatic carbocycles. The highest BCUT2D eigenvalue weighted by atomic mass is 19.1. The van der Waals surface area contributed by atoms with Crippen molar-refractivity contribution in [2.45, 2.75) is 37.8 Å². The zero-order valence-corrected chi connectivity index (χ0v) is 19.7. The summed E-state index contributed by atoms with van der Waals surface area (Å²) in [5, 5.41) is 2.89. The van der Waals surface area contributed by atoms with Crippen LogP contribution in [-0.4, -0.2) is 78.4 Å². The fourth-order valence-corrected chi connectivity index (χ4v) is 4.63. The van der Waals surface area contributed by atoms with Gasteiger partial charge in [-0.05, 0) is 54.5 Å². The molecule has 2 heterocycles. The molecule has 0 radical (unpaired) electrons. The first-order valence-electron chi connectivity index (χ1n) is 11.8. The fraction of sp³-hybridized carbons (Fsp3) is 0.423. The summed E-state index contributed by atoms with van der Waals surface area (Å²) < 4.78 is 13.8. The molecule has 2 saturated heterocycles. The van der Waals surface area contributed by atoms with E-state index in [1.807, 2.05) is 40.1 Å². The number of rotatable bonds is 4. The van der Waals surface area contributed by atoms with Gasteiger partial charge >= 0.3 is 17.8 Å². The van der Waals surface area contributed by atoms with Crippen LogP contribution >= 0.6 is 0 Å². The van der Waals surface area contributed by atoms with E-state index in [9.17, 15) is 18.8 Å². The maximum Gasteiger partial charge on any atom is 0.320 e. The second-order valence-corrected chi connectivity index (χ2v) is 9.22. The minimum Gasteiger partial charge on any atom is -0.343 e. The van der Waals surface area contributed by atoms with Crippen LogP contribution in [0.25, 0.3) is 11.1 Å². The molecule has 0 unspecified atom stereocenters. The van der Waals surface area contributed by atoms with Gasteiger partial charge in [-0.2, -0.15) is 0 Å². The minimum absolute atomic E-state index is 0.0181. The molecule has 180 valence electrons. The van der Waals surface area contributed by atoms with Crippen molar-refractivity contribution in [3.63, 3.8) is 0 Å². The van der Waals surface area contributed by atoms with Crippen LogP contribution in [0.2, 0.25) is 0 Å². The Morgan fingerprint density at radius 3 is 2.35 bits per heavy atom. The summed E-state index contributed by atoms with van der Waals surface area (Å²) in [7, 11) is 3.08. The molecule has 0 aromatic heterocycles. The van der Waals surface area contributed by atoms with E-state index in [1.54, 1.807) is 6.07 Å². The molecule has 34 heavy (non-hydrogen) atoms. The highest BCUT2D eigenvalue weighted by Crippen LogP contribution is 2.27. The van der Waals surface area contributed by atoms with Crippen molar-refractivity contribution >= 4 is 17.8 Å². The van der Waals surface area contributed by atoms with Gasteiger partial charge in [0.2, 0.25) is 0 Å². The number of likely N-dealkylation sites (tertiary alicyclic amines) is 2. The molecule has 2 atom stereocenters. The Hall–Kier alpha value is -3.42. The Labute approximate surface area is 199 Å². The molecule has 2 aliphatic heterocycles. The van der Waals surface area contributed by atoms with Crippen molar-refractivity contribution in [1.82, 2.24) is 20.0 Å². The monoisotopic (exact) mass is 466 g/mol. The number of benzene rings is 2. The molecule has 0 bridgehead atoms. The SMILES string of the molecule is CN(C)C(=O)C(=O)N[C@H]1CCCN(C(=O)N2CCC2)[C@H]1Cc1cccc(-c2cccc(F)c2)c1. The number of amides is 4. The van der Waals surface area contributed by atoms with Crippen molar-refractivity contribution in [2.24, 2.45) is 0 Å². The molecule has 0 spiro atoms. The zero-order valence-electron chi connectivity index (χ0n) is 19.7. The Morgan fingerprint density at radius 2 is 1.71 bits per heavy atom. The van der Waals surface area contributed by atoms with E-state index >= 15 is 0 Å². The van der Waals surface area contributed by atoms with Gasteiger partial charge in [-0.15, -0.1) is 0 Å². The van der Waals surface area contributed by atoms with Gasteiger partial charge in [0.15, 0.2) is 0 Å². The van der Waals surface area contributed by atoms with E-state index in [0.717, 1.165) is 42.6 Å². The highest BCUT2D eigenvalue weighted by molar-refractivity contribution is 6.34.